The summed E-state index contributed by atoms with van der Waals surface area (Å²) in [5, 5.41) is 2.48. The van der Waals surface area contributed by atoms with Crippen LogP contribution >= 0.6 is 0 Å². The molecule has 170 valence electrons. The fourth-order valence-corrected chi connectivity index (χ4v) is 3.25. The van der Waals surface area contributed by atoms with Crippen molar-refractivity contribution in [3.8, 4) is 5.75 Å². The summed E-state index contributed by atoms with van der Waals surface area (Å²) in [5.41, 5.74) is 1.06. The number of rotatable bonds is 6. The summed E-state index contributed by atoms with van der Waals surface area (Å²) < 4.78 is 38.1. The number of amides is 2. The largest absolute Gasteiger partial charge is 0.489 e. The zero-order chi connectivity index (χ0) is 23.3. The van der Waals surface area contributed by atoms with Gasteiger partial charge in [-0.25, -0.2) is 13.6 Å². The molecule has 2 aromatic carbocycles. The van der Waals surface area contributed by atoms with Crippen molar-refractivity contribution in [3.63, 3.8) is 0 Å². The highest BCUT2D eigenvalue weighted by Crippen LogP contribution is 2.29. The molecule has 1 aliphatic rings. The van der Waals surface area contributed by atoms with Gasteiger partial charge in [0, 0.05) is 24.2 Å². The van der Waals surface area contributed by atoms with Crippen LogP contribution in [0.1, 0.15) is 36.7 Å². The molecule has 0 aliphatic carbocycles. The standard InChI is InChI=1S/C24H26F2N2O4/c1-24(2,3)32-23(30)27-14-16(13-25)15-31-18-8-9-19-17(12-18)10-11-28(22(19)29)21-7-5-4-6-20(21)26/h4-9,12-13H,10-11,14-15H2,1-3H3,(H,27,30). The van der Waals surface area contributed by atoms with Crippen LogP contribution in [0.4, 0.5) is 19.3 Å². The first-order chi connectivity index (χ1) is 15.2. The number of halogens is 2. The van der Waals surface area contributed by atoms with Crippen molar-refractivity contribution in [2.45, 2.75) is 32.8 Å². The molecule has 0 radical (unpaired) electrons. The summed E-state index contributed by atoms with van der Waals surface area (Å²) in [6.07, 6.45) is 0.257. The minimum absolute atomic E-state index is 0.0631. The van der Waals surface area contributed by atoms with E-state index in [2.05, 4.69) is 5.32 Å². The lowest BCUT2D eigenvalue weighted by Gasteiger charge is -2.29. The Morgan fingerprint density at radius 1 is 1.22 bits per heavy atom. The van der Waals surface area contributed by atoms with E-state index in [1.807, 2.05) is 0 Å². The molecule has 3 rings (SSSR count). The van der Waals surface area contributed by atoms with Crippen LogP contribution in [0.2, 0.25) is 0 Å². The van der Waals surface area contributed by atoms with E-state index >= 15 is 0 Å². The summed E-state index contributed by atoms with van der Waals surface area (Å²) in [6.45, 7) is 5.40. The van der Waals surface area contributed by atoms with Gasteiger partial charge in [0.1, 0.15) is 23.8 Å². The van der Waals surface area contributed by atoms with Crippen molar-refractivity contribution >= 4 is 17.7 Å². The van der Waals surface area contributed by atoms with Gasteiger partial charge in [0.05, 0.1) is 12.0 Å². The lowest BCUT2D eigenvalue weighted by Crippen LogP contribution is -2.38. The topological polar surface area (TPSA) is 67.9 Å². The minimum Gasteiger partial charge on any atom is -0.489 e. The van der Waals surface area contributed by atoms with Crippen LogP contribution in [0.5, 0.6) is 5.75 Å². The van der Waals surface area contributed by atoms with E-state index in [9.17, 15) is 18.4 Å². The van der Waals surface area contributed by atoms with Crippen molar-refractivity contribution in [1.29, 1.82) is 0 Å². The number of nitrogens with one attached hydrogen (secondary N) is 1. The van der Waals surface area contributed by atoms with Crippen LogP contribution in [0.25, 0.3) is 0 Å². The number of fused-ring (bicyclic) bond motifs is 1. The Hall–Kier alpha value is -3.42. The number of hydrogen-bond acceptors (Lipinski definition) is 4. The van der Waals surface area contributed by atoms with Crippen molar-refractivity contribution in [2.24, 2.45) is 0 Å². The average Bonchev–Trinajstić information content (AvgIpc) is 2.73. The van der Waals surface area contributed by atoms with Gasteiger partial charge in [-0.2, -0.15) is 0 Å². The van der Waals surface area contributed by atoms with Gasteiger partial charge in [0.15, 0.2) is 0 Å². The second-order valence-electron chi connectivity index (χ2n) is 8.39. The lowest BCUT2D eigenvalue weighted by atomic mass is 9.98. The van der Waals surface area contributed by atoms with Gasteiger partial charge in [-0.3, -0.25) is 4.79 Å². The average molecular weight is 444 g/mol. The highest BCUT2D eigenvalue weighted by atomic mass is 19.1. The Labute approximate surface area is 185 Å². The fraction of sp³-hybridized carbons (Fsp3) is 0.333. The third kappa shape index (κ3) is 5.84. The SMILES string of the molecule is CC(C)(C)OC(=O)NCC(=CF)COc1ccc2c(c1)CCN(c1ccccc1F)C2=O. The number of hydrogen-bond donors (Lipinski definition) is 1. The van der Waals surface area contributed by atoms with Crippen molar-refractivity contribution in [2.75, 3.05) is 24.6 Å². The molecular weight excluding hydrogens is 418 g/mol. The number of benzene rings is 2. The molecule has 0 bridgehead atoms. The van der Waals surface area contributed by atoms with E-state index in [0.29, 0.717) is 30.6 Å². The maximum Gasteiger partial charge on any atom is 0.407 e. The molecule has 8 heteroatoms. The number of carbonyl (C=O) groups excluding carboxylic acids is 2. The predicted molar refractivity (Wildman–Crippen MR) is 117 cm³/mol. The van der Waals surface area contributed by atoms with E-state index < -0.39 is 17.5 Å². The molecule has 0 saturated heterocycles. The van der Waals surface area contributed by atoms with Crippen molar-refractivity contribution in [1.82, 2.24) is 5.32 Å². The molecule has 2 amide bonds. The summed E-state index contributed by atoms with van der Waals surface area (Å²) in [5.74, 6) is -0.268. The van der Waals surface area contributed by atoms with Crippen LogP contribution in [0, 0.1) is 5.82 Å². The Balaban J connectivity index is 1.60. The normalized spacial score (nSPS) is 14.1. The third-order valence-electron chi connectivity index (χ3n) is 4.74. The highest BCUT2D eigenvalue weighted by Gasteiger charge is 2.27. The number of alkyl carbamates (subject to hydrolysis) is 1. The van der Waals surface area contributed by atoms with Crippen LogP contribution in [0.15, 0.2) is 54.4 Å². The van der Waals surface area contributed by atoms with E-state index in [-0.39, 0.29) is 30.3 Å². The van der Waals surface area contributed by atoms with Gasteiger partial charge in [-0.15, -0.1) is 0 Å². The van der Waals surface area contributed by atoms with Gasteiger partial charge in [0.25, 0.3) is 5.91 Å². The molecule has 0 saturated carbocycles. The Morgan fingerprint density at radius 2 is 1.97 bits per heavy atom. The summed E-state index contributed by atoms with van der Waals surface area (Å²) >= 11 is 0. The van der Waals surface area contributed by atoms with Gasteiger partial charge >= 0.3 is 6.09 Å². The predicted octanol–water partition coefficient (Wildman–Crippen LogP) is 4.79. The second kappa shape index (κ2) is 9.80. The second-order valence-corrected chi connectivity index (χ2v) is 8.39. The number of carbonyl (C=O) groups is 2. The smallest absolute Gasteiger partial charge is 0.407 e. The van der Waals surface area contributed by atoms with Crippen LogP contribution in [-0.4, -0.2) is 37.3 Å². The molecule has 1 N–H and O–H groups in total. The summed E-state index contributed by atoms with van der Waals surface area (Å²) in [6, 6.07) is 11.1. The van der Waals surface area contributed by atoms with E-state index in [1.165, 1.54) is 11.0 Å². The van der Waals surface area contributed by atoms with Gasteiger partial charge in [-0.05, 0) is 63.1 Å². The summed E-state index contributed by atoms with van der Waals surface area (Å²) in [7, 11) is 0. The van der Waals surface area contributed by atoms with Crippen LogP contribution in [-0.2, 0) is 11.2 Å². The maximum absolute atomic E-state index is 14.1. The number of ether oxygens (including phenoxy) is 2. The molecule has 2 aromatic rings. The van der Waals surface area contributed by atoms with Crippen LogP contribution < -0.4 is 15.0 Å². The summed E-state index contributed by atoms with van der Waals surface area (Å²) in [4.78, 5) is 26.0. The molecule has 1 heterocycles. The maximum atomic E-state index is 14.1. The zero-order valence-corrected chi connectivity index (χ0v) is 18.3. The van der Waals surface area contributed by atoms with E-state index in [4.69, 9.17) is 9.47 Å². The minimum atomic E-state index is -0.650. The molecule has 32 heavy (non-hydrogen) atoms. The Kier molecular flexibility index (Phi) is 7.12. The first-order valence-corrected chi connectivity index (χ1v) is 10.2. The van der Waals surface area contributed by atoms with E-state index in [0.717, 1.165) is 5.56 Å². The molecule has 0 aromatic heterocycles. The fourth-order valence-electron chi connectivity index (χ4n) is 3.25. The molecule has 0 fully saturated rings. The Morgan fingerprint density at radius 3 is 2.66 bits per heavy atom. The zero-order valence-electron chi connectivity index (χ0n) is 18.3. The van der Waals surface area contributed by atoms with Crippen LogP contribution in [0.3, 0.4) is 0 Å². The molecule has 1 aliphatic heterocycles. The number of para-hydroxylation sites is 1. The van der Waals surface area contributed by atoms with Gasteiger partial charge in [-0.1, -0.05) is 12.1 Å². The third-order valence-corrected chi connectivity index (χ3v) is 4.74. The first kappa shape index (κ1) is 23.2. The number of anilines is 1. The molecule has 0 unspecified atom stereocenters. The van der Waals surface area contributed by atoms with Crippen molar-refractivity contribution < 1.29 is 27.8 Å². The van der Waals surface area contributed by atoms with Crippen molar-refractivity contribution in [3.05, 3.63) is 71.3 Å². The monoisotopic (exact) mass is 444 g/mol. The van der Waals surface area contributed by atoms with E-state index in [1.54, 1.807) is 57.2 Å². The Bertz CT molecular complexity index is 1030. The molecule has 0 spiro atoms. The first-order valence-electron chi connectivity index (χ1n) is 10.2. The molecule has 0 atom stereocenters. The molecular formula is C24H26F2N2O4. The number of nitrogens with zero attached hydrogens (tertiary/aromatic N) is 1. The van der Waals surface area contributed by atoms with Gasteiger partial charge in [0.2, 0.25) is 0 Å². The molecule has 6 nitrogen and oxygen atoms in total. The quantitative estimate of drug-likeness (QED) is 0.696. The highest BCUT2D eigenvalue weighted by molar-refractivity contribution is 6.08. The van der Waals surface area contributed by atoms with Gasteiger partial charge < -0.3 is 19.7 Å². The lowest BCUT2D eigenvalue weighted by molar-refractivity contribution is 0.0531.